The average Bonchev–Trinajstić information content (AvgIpc) is 2.89. The maximum Gasteiger partial charge on any atom is 0.224 e. The summed E-state index contributed by atoms with van der Waals surface area (Å²) < 4.78 is 0. The van der Waals surface area contributed by atoms with Gasteiger partial charge in [-0.3, -0.25) is 4.79 Å². The number of nitrogens with one attached hydrogen (secondary N) is 1. The summed E-state index contributed by atoms with van der Waals surface area (Å²) in [5, 5.41) is 3.50. The predicted octanol–water partition coefficient (Wildman–Crippen LogP) is 2.60. The molecule has 1 N–H and O–H groups in total. The first-order chi connectivity index (χ1) is 14.5. The van der Waals surface area contributed by atoms with Crippen molar-refractivity contribution in [3.63, 3.8) is 0 Å². The van der Waals surface area contributed by atoms with E-state index in [9.17, 15) is 4.79 Å². The van der Waals surface area contributed by atoms with Gasteiger partial charge in [0, 0.05) is 44.6 Å². The van der Waals surface area contributed by atoms with Crippen molar-refractivity contribution in [3.05, 3.63) is 35.4 Å². The average molecular weight is 413 g/mol. The topological polar surface area (TPSA) is 38.8 Å². The Labute approximate surface area is 182 Å². The zero-order valence-corrected chi connectivity index (χ0v) is 19.0. The van der Waals surface area contributed by atoms with Crippen molar-refractivity contribution in [2.45, 2.75) is 45.1 Å². The molecule has 3 aliphatic heterocycles. The van der Waals surface area contributed by atoms with Crippen LogP contribution in [0.3, 0.4) is 0 Å². The summed E-state index contributed by atoms with van der Waals surface area (Å²) in [6.07, 6.45) is 6.84. The van der Waals surface area contributed by atoms with Gasteiger partial charge in [0.25, 0.3) is 0 Å². The first-order valence-electron chi connectivity index (χ1n) is 12.0. The largest absolute Gasteiger partial charge is 0.338 e. The van der Waals surface area contributed by atoms with E-state index in [0.717, 1.165) is 38.5 Å². The molecule has 1 spiro atoms. The number of fused-ring (bicyclic) bond motifs is 1. The highest BCUT2D eigenvalue weighted by atomic mass is 16.2. The molecule has 1 unspecified atom stereocenters. The van der Waals surface area contributed by atoms with Crippen LogP contribution >= 0.6 is 0 Å². The summed E-state index contributed by atoms with van der Waals surface area (Å²) in [5.74, 6) is 1.15. The van der Waals surface area contributed by atoms with E-state index >= 15 is 0 Å². The number of likely N-dealkylation sites (tertiary alicyclic amines) is 1. The highest BCUT2D eigenvalue weighted by Gasteiger charge is 2.40. The van der Waals surface area contributed by atoms with Gasteiger partial charge in [0.15, 0.2) is 0 Å². The molecular weight excluding hydrogens is 372 g/mol. The maximum atomic E-state index is 13.2. The molecule has 1 atom stereocenters. The fraction of sp³-hybridized carbons (Fsp3) is 0.720. The van der Waals surface area contributed by atoms with Gasteiger partial charge in [0.05, 0.1) is 0 Å². The molecule has 1 amide bonds. The minimum absolute atomic E-state index is 0.200. The Kier molecular flexibility index (Phi) is 7.12. The molecule has 0 bridgehead atoms. The smallest absolute Gasteiger partial charge is 0.224 e. The quantitative estimate of drug-likeness (QED) is 0.807. The van der Waals surface area contributed by atoms with Gasteiger partial charge in [-0.25, -0.2) is 0 Å². The van der Waals surface area contributed by atoms with Crippen molar-refractivity contribution in [1.29, 1.82) is 0 Å². The summed E-state index contributed by atoms with van der Waals surface area (Å²) in [6, 6.07) is 8.84. The Hall–Kier alpha value is -1.43. The molecule has 0 aromatic heterocycles. The second-order valence-corrected chi connectivity index (χ2v) is 10.3. The minimum Gasteiger partial charge on any atom is -0.338 e. The van der Waals surface area contributed by atoms with E-state index in [2.05, 4.69) is 44.3 Å². The minimum atomic E-state index is 0.200. The molecule has 2 fully saturated rings. The van der Waals surface area contributed by atoms with Gasteiger partial charge in [-0.1, -0.05) is 24.3 Å². The molecule has 2 saturated heterocycles. The zero-order chi connectivity index (χ0) is 21.0. The van der Waals surface area contributed by atoms with Gasteiger partial charge in [0.2, 0.25) is 5.91 Å². The number of piperidine rings is 2. The van der Waals surface area contributed by atoms with Gasteiger partial charge in [-0.2, -0.15) is 0 Å². The maximum absolute atomic E-state index is 13.2. The standard InChI is InChI=1S/C25H40N4O/c1-27(2)15-10-24(30)29-18-23-7-4-3-6-22(23)16-25(20-29)11-5-14-28(19-25)17-21-8-12-26-13-9-21/h3-4,6-7,21,26H,5,8-20H2,1-2H3. The summed E-state index contributed by atoms with van der Waals surface area (Å²) >= 11 is 0. The van der Waals surface area contributed by atoms with Crippen molar-refractivity contribution in [1.82, 2.24) is 20.0 Å². The molecule has 3 aliphatic rings. The van der Waals surface area contributed by atoms with E-state index in [1.54, 1.807) is 0 Å². The summed E-state index contributed by atoms with van der Waals surface area (Å²) in [5.41, 5.74) is 3.01. The van der Waals surface area contributed by atoms with Crippen LogP contribution in [0.4, 0.5) is 0 Å². The van der Waals surface area contributed by atoms with Gasteiger partial charge < -0.3 is 20.0 Å². The molecule has 166 valence electrons. The molecule has 1 aromatic carbocycles. The van der Waals surface area contributed by atoms with Crippen molar-refractivity contribution >= 4 is 5.91 Å². The van der Waals surface area contributed by atoms with E-state index in [1.165, 1.54) is 63.0 Å². The van der Waals surface area contributed by atoms with Crippen molar-refractivity contribution in [3.8, 4) is 0 Å². The second-order valence-electron chi connectivity index (χ2n) is 10.3. The molecule has 1 aromatic rings. The molecule has 30 heavy (non-hydrogen) atoms. The van der Waals surface area contributed by atoms with E-state index in [0.29, 0.717) is 12.3 Å². The lowest BCUT2D eigenvalue weighted by Crippen LogP contribution is -2.52. The van der Waals surface area contributed by atoms with Gasteiger partial charge in [0.1, 0.15) is 0 Å². The van der Waals surface area contributed by atoms with E-state index < -0.39 is 0 Å². The van der Waals surface area contributed by atoms with Crippen LogP contribution in [0.25, 0.3) is 0 Å². The van der Waals surface area contributed by atoms with Crippen LogP contribution in [0.15, 0.2) is 24.3 Å². The lowest BCUT2D eigenvalue weighted by molar-refractivity contribution is -0.134. The Balaban J connectivity index is 1.51. The fourth-order valence-corrected chi connectivity index (χ4v) is 5.83. The van der Waals surface area contributed by atoms with Crippen LogP contribution in [0.2, 0.25) is 0 Å². The summed E-state index contributed by atoms with van der Waals surface area (Å²) in [6.45, 7) is 8.46. The molecular formula is C25H40N4O. The molecule has 5 nitrogen and oxygen atoms in total. The van der Waals surface area contributed by atoms with Crippen LogP contribution in [0.5, 0.6) is 0 Å². The first kappa shape index (κ1) is 21.8. The third-order valence-electron chi connectivity index (χ3n) is 7.41. The van der Waals surface area contributed by atoms with E-state index in [-0.39, 0.29) is 5.41 Å². The van der Waals surface area contributed by atoms with Crippen molar-refractivity contribution in [2.75, 3.05) is 59.9 Å². The van der Waals surface area contributed by atoms with Crippen LogP contribution in [0.1, 0.15) is 43.2 Å². The monoisotopic (exact) mass is 412 g/mol. The molecule has 3 heterocycles. The molecule has 5 heteroatoms. The number of rotatable bonds is 5. The molecule has 0 radical (unpaired) electrons. The molecule has 0 aliphatic carbocycles. The number of benzene rings is 1. The predicted molar refractivity (Wildman–Crippen MR) is 122 cm³/mol. The number of carbonyl (C=O) groups excluding carboxylic acids is 1. The second kappa shape index (κ2) is 9.80. The van der Waals surface area contributed by atoms with Crippen LogP contribution in [-0.2, 0) is 17.8 Å². The number of hydrogen-bond acceptors (Lipinski definition) is 4. The lowest BCUT2D eigenvalue weighted by Gasteiger charge is -2.45. The van der Waals surface area contributed by atoms with Crippen LogP contribution < -0.4 is 5.32 Å². The number of hydrogen-bond donors (Lipinski definition) is 1. The molecule has 0 saturated carbocycles. The number of carbonyl (C=O) groups is 1. The molecule has 4 rings (SSSR count). The Morgan fingerprint density at radius 3 is 2.70 bits per heavy atom. The Morgan fingerprint density at radius 2 is 1.93 bits per heavy atom. The SMILES string of the molecule is CN(C)CCC(=O)N1Cc2ccccc2CC2(CCCN(CC3CCNCC3)C2)C1. The zero-order valence-electron chi connectivity index (χ0n) is 19.0. The third-order valence-corrected chi connectivity index (χ3v) is 7.41. The fourth-order valence-electron chi connectivity index (χ4n) is 5.83. The highest BCUT2D eigenvalue weighted by Crippen LogP contribution is 2.39. The number of amides is 1. The van der Waals surface area contributed by atoms with Crippen molar-refractivity contribution in [2.24, 2.45) is 11.3 Å². The summed E-state index contributed by atoms with van der Waals surface area (Å²) in [7, 11) is 4.10. The third kappa shape index (κ3) is 5.43. The van der Waals surface area contributed by atoms with Gasteiger partial charge >= 0.3 is 0 Å². The van der Waals surface area contributed by atoms with Gasteiger partial charge in [-0.15, -0.1) is 0 Å². The highest BCUT2D eigenvalue weighted by molar-refractivity contribution is 5.76. The first-order valence-corrected chi connectivity index (χ1v) is 12.0. The van der Waals surface area contributed by atoms with Crippen LogP contribution in [0, 0.1) is 11.3 Å². The normalized spacial score (nSPS) is 26.0. The number of nitrogens with zero attached hydrogens (tertiary/aromatic N) is 3. The van der Waals surface area contributed by atoms with E-state index in [1.807, 2.05) is 14.1 Å². The Morgan fingerprint density at radius 1 is 1.17 bits per heavy atom. The lowest BCUT2D eigenvalue weighted by atomic mass is 9.74. The summed E-state index contributed by atoms with van der Waals surface area (Å²) in [4.78, 5) is 20.2. The van der Waals surface area contributed by atoms with Crippen molar-refractivity contribution < 1.29 is 4.79 Å². The van der Waals surface area contributed by atoms with E-state index in [4.69, 9.17) is 0 Å². The van der Waals surface area contributed by atoms with Crippen LogP contribution in [-0.4, -0.2) is 80.5 Å². The Bertz CT molecular complexity index is 715. The van der Waals surface area contributed by atoms with Gasteiger partial charge in [-0.05, 0) is 82.9 Å².